The fourth-order valence-electron chi connectivity index (χ4n) is 7.51. The lowest BCUT2D eigenvalue weighted by molar-refractivity contribution is 0.794. The first-order valence-corrected chi connectivity index (χ1v) is 15.1. The number of rotatable bonds is 3. The van der Waals surface area contributed by atoms with Gasteiger partial charge in [-0.1, -0.05) is 109 Å². The minimum atomic E-state index is -0.457. The Hall–Kier alpha value is -6.11. The van der Waals surface area contributed by atoms with Crippen molar-refractivity contribution in [3.8, 4) is 62.0 Å². The van der Waals surface area contributed by atoms with Crippen molar-refractivity contribution in [3.63, 3.8) is 0 Å². The maximum atomic E-state index is 9.42. The second kappa shape index (κ2) is 9.71. The van der Waals surface area contributed by atoms with Crippen molar-refractivity contribution in [3.05, 3.63) is 180 Å². The summed E-state index contributed by atoms with van der Waals surface area (Å²) in [6.07, 6.45) is 3.34. The summed E-state index contributed by atoms with van der Waals surface area (Å²) in [5, 5.41) is 9.42. The van der Waals surface area contributed by atoms with Gasteiger partial charge in [0.1, 0.15) is 6.07 Å². The summed E-state index contributed by atoms with van der Waals surface area (Å²) in [6, 6.07) is 52.3. The first-order valence-electron chi connectivity index (χ1n) is 15.1. The quantitative estimate of drug-likeness (QED) is 0.212. The van der Waals surface area contributed by atoms with E-state index in [-0.39, 0.29) is 0 Å². The third kappa shape index (κ3) is 3.63. The largest absolute Gasteiger partial charge is 0.263 e. The van der Waals surface area contributed by atoms with Gasteiger partial charge in [-0.3, -0.25) is 4.98 Å². The van der Waals surface area contributed by atoms with Gasteiger partial charge in [-0.15, -0.1) is 0 Å². The number of nitriles is 1. The minimum absolute atomic E-state index is 0.457. The molecular weight excluding hydrogens is 546 g/mol. The van der Waals surface area contributed by atoms with Crippen LogP contribution in [0.1, 0.15) is 27.8 Å². The van der Waals surface area contributed by atoms with Crippen molar-refractivity contribution in [1.82, 2.24) is 9.97 Å². The van der Waals surface area contributed by atoms with Gasteiger partial charge < -0.3 is 0 Å². The molecule has 0 unspecified atom stereocenters. The van der Waals surface area contributed by atoms with Crippen molar-refractivity contribution in [2.75, 3.05) is 0 Å². The van der Waals surface area contributed by atoms with E-state index in [4.69, 9.17) is 4.98 Å². The number of pyridine rings is 2. The number of benzene rings is 5. The van der Waals surface area contributed by atoms with E-state index in [1.807, 2.05) is 18.2 Å². The molecule has 2 aliphatic rings. The predicted octanol–water partition coefficient (Wildman–Crippen LogP) is 9.69. The molecule has 3 nitrogen and oxygen atoms in total. The average Bonchev–Trinajstić information content (AvgIpc) is 3.59. The van der Waals surface area contributed by atoms with Crippen LogP contribution in [0.4, 0.5) is 0 Å². The van der Waals surface area contributed by atoms with Gasteiger partial charge in [-0.25, -0.2) is 4.98 Å². The highest BCUT2D eigenvalue weighted by atomic mass is 14.7. The molecule has 2 aliphatic carbocycles. The lowest BCUT2D eigenvalue weighted by atomic mass is 9.70. The number of hydrogen-bond acceptors (Lipinski definition) is 3. The van der Waals surface area contributed by atoms with Crippen LogP contribution in [0.3, 0.4) is 0 Å². The lowest BCUT2D eigenvalue weighted by Crippen LogP contribution is -2.26. The molecule has 0 atom stereocenters. The fraction of sp³-hybridized carbons (Fsp3) is 0.0238. The highest BCUT2D eigenvalue weighted by molar-refractivity contribution is 5.96. The van der Waals surface area contributed by atoms with E-state index < -0.39 is 5.41 Å². The van der Waals surface area contributed by atoms with Crippen LogP contribution in [0.2, 0.25) is 0 Å². The predicted molar refractivity (Wildman–Crippen MR) is 179 cm³/mol. The van der Waals surface area contributed by atoms with Crippen LogP contribution in [-0.4, -0.2) is 9.97 Å². The maximum absolute atomic E-state index is 9.42. The molecule has 0 saturated heterocycles. The molecule has 1 spiro atoms. The topological polar surface area (TPSA) is 49.6 Å². The maximum Gasteiger partial charge on any atom is 0.101 e. The Kier molecular flexibility index (Phi) is 5.48. The number of aromatic nitrogens is 2. The Morgan fingerprint density at radius 3 is 1.71 bits per heavy atom. The monoisotopic (exact) mass is 571 g/mol. The van der Waals surface area contributed by atoms with Crippen molar-refractivity contribution in [2.45, 2.75) is 5.41 Å². The minimum Gasteiger partial charge on any atom is -0.263 e. The summed E-state index contributed by atoms with van der Waals surface area (Å²) in [4.78, 5) is 9.33. The number of hydrogen-bond donors (Lipinski definition) is 0. The zero-order chi connectivity index (χ0) is 30.0. The van der Waals surface area contributed by atoms with E-state index in [0.717, 1.165) is 22.5 Å². The Morgan fingerprint density at radius 1 is 0.444 bits per heavy atom. The van der Waals surface area contributed by atoms with E-state index in [2.05, 4.69) is 132 Å². The first kappa shape index (κ1) is 25.4. The van der Waals surface area contributed by atoms with Gasteiger partial charge in [-0.2, -0.15) is 5.26 Å². The molecule has 9 rings (SSSR count). The van der Waals surface area contributed by atoms with E-state index in [0.29, 0.717) is 5.56 Å². The molecule has 2 heterocycles. The molecule has 3 heteroatoms. The molecule has 5 aromatic carbocycles. The molecule has 0 saturated carbocycles. The molecule has 0 N–H and O–H groups in total. The molecule has 7 aromatic rings. The van der Waals surface area contributed by atoms with Gasteiger partial charge in [0.25, 0.3) is 0 Å². The third-order valence-corrected chi connectivity index (χ3v) is 9.40. The Labute approximate surface area is 261 Å². The summed E-state index contributed by atoms with van der Waals surface area (Å²) >= 11 is 0. The van der Waals surface area contributed by atoms with Crippen molar-refractivity contribution >= 4 is 0 Å². The lowest BCUT2D eigenvalue weighted by Gasteiger charge is -2.31. The van der Waals surface area contributed by atoms with E-state index >= 15 is 0 Å². The molecule has 208 valence electrons. The second-order valence-electron chi connectivity index (χ2n) is 11.7. The van der Waals surface area contributed by atoms with Gasteiger partial charge in [0.2, 0.25) is 0 Å². The molecule has 45 heavy (non-hydrogen) atoms. The first-order chi connectivity index (χ1) is 22.3. The highest BCUT2D eigenvalue weighted by Gasteiger charge is 2.51. The van der Waals surface area contributed by atoms with Gasteiger partial charge in [-0.05, 0) is 86.0 Å². The Morgan fingerprint density at radius 2 is 1.02 bits per heavy atom. The van der Waals surface area contributed by atoms with Gasteiger partial charge in [0.15, 0.2) is 0 Å². The zero-order valence-corrected chi connectivity index (χ0v) is 24.3. The van der Waals surface area contributed by atoms with Gasteiger partial charge in [0, 0.05) is 23.5 Å². The summed E-state index contributed by atoms with van der Waals surface area (Å²) in [5.41, 5.74) is 16.3. The second-order valence-corrected chi connectivity index (χ2v) is 11.7. The molecule has 0 fully saturated rings. The van der Waals surface area contributed by atoms with Crippen LogP contribution < -0.4 is 0 Å². The normalized spacial score (nSPS) is 13.0. The SMILES string of the molecule is N#Cc1cncc(-c2cccc(-c3ccc4c(c3)C3(c5ccccc5-c5ccccc53)c3cc(-c5ccccc5)ccc3-4)n2)c1. The average molecular weight is 572 g/mol. The molecule has 0 radical (unpaired) electrons. The summed E-state index contributed by atoms with van der Waals surface area (Å²) in [5.74, 6) is 0. The van der Waals surface area contributed by atoms with Gasteiger partial charge >= 0.3 is 0 Å². The zero-order valence-electron chi connectivity index (χ0n) is 24.3. The third-order valence-electron chi connectivity index (χ3n) is 9.40. The number of fused-ring (bicyclic) bond motifs is 10. The van der Waals surface area contributed by atoms with E-state index in [1.165, 1.54) is 55.6 Å². The summed E-state index contributed by atoms with van der Waals surface area (Å²) < 4.78 is 0. The highest BCUT2D eigenvalue weighted by Crippen LogP contribution is 2.63. The van der Waals surface area contributed by atoms with E-state index in [1.54, 1.807) is 12.4 Å². The molecule has 2 aromatic heterocycles. The Bertz CT molecular complexity index is 2300. The van der Waals surface area contributed by atoms with Crippen molar-refractivity contribution in [1.29, 1.82) is 5.26 Å². The van der Waals surface area contributed by atoms with Crippen molar-refractivity contribution in [2.24, 2.45) is 0 Å². The van der Waals surface area contributed by atoms with E-state index in [9.17, 15) is 5.26 Å². The van der Waals surface area contributed by atoms with Crippen LogP contribution in [0.5, 0.6) is 0 Å². The Balaban J connectivity index is 1.30. The molecular formula is C42H25N3. The van der Waals surface area contributed by atoms with Crippen LogP contribution in [-0.2, 0) is 5.41 Å². The number of nitrogens with zero attached hydrogens (tertiary/aromatic N) is 3. The standard InChI is InChI=1S/C42H25N3/c43-24-27-21-31(26-44-25-27)41-16-8-15-40(45-41)30-18-20-35-34-19-17-29(28-9-2-1-3-10-28)22-38(34)42(39(35)23-30)36-13-6-4-11-32(36)33-12-5-7-14-37(33)42/h1-23,25-26H. The van der Waals surface area contributed by atoms with Crippen molar-refractivity contribution < 1.29 is 0 Å². The summed E-state index contributed by atoms with van der Waals surface area (Å²) in [7, 11) is 0. The molecule has 0 bridgehead atoms. The van der Waals surface area contributed by atoms with Crippen LogP contribution in [0.25, 0.3) is 55.9 Å². The van der Waals surface area contributed by atoms with Crippen LogP contribution >= 0.6 is 0 Å². The van der Waals surface area contributed by atoms with Crippen LogP contribution in [0, 0.1) is 11.3 Å². The fourth-order valence-corrected chi connectivity index (χ4v) is 7.51. The molecule has 0 amide bonds. The molecule has 0 aliphatic heterocycles. The van der Waals surface area contributed by atoms with Gasteiger partial charge in [0.05, 0.1) is 22.4 Å². The smallest absolute Gasteiger partial charge is 0.101 e. The van der Waals surface area contributed by atoms with Crippen LogP contribution in [0.15, 0.2) is 152 Å². The summed E-state index contributed by atoms with van der Waals surface area (Å²) in [6.45, 7) is 0.